The maximum atomic E-state index is 12.3. The predicted molar refractivity (Wildman–Crippen MR) is 157 cm³/mol. The van der Waals surface area contributed by atoms with Crippen molar-refractivity contribution >= 4 is 12.1 Å². The van der Waals surface area contributed by atoms with Crippen LogP contribution >= 0.6 is 0 Å². The molecule has 41 heavy (non-hydrogen) atoms. The molecule has 0 bridgehead atoms. The summed E-state index contributed by atoms with van der Waals surface area (Å²) < 4.78 is 22.3. The minimum atomic E-state index is -0.602. The number of hydrogen-bond acceptors (Lipinski definition) is 7. The van der Waals surface area contributed by atoms with E-state index >= 15 is 0 Å². The summed E-state index contributed by atoms with van der Waals surface area (Å²) in [6.07, 6.45) is 6.60. The van der Waals surface area contributed by atoms with Gasteiger partial charge in [-0.25, -0.2) is 9.59 Å². The zero-order chi connectivity index (χ0) is 29.2. The molecule has 0 heterocycles. The first kappa shape index (κ1) is 30.9. The van der Waals surface area contributed by atoms with E-state index < -0.39 is 12.1 Å². The number of carbonyl (C=O) groups is 2. The van der Waals surface area contributed by atoms with Gasteiger partial charge in [-0.05, 0) is 99.3 Å². The molecule has 7 nitrogen and oxygen atoms in total. The van der Waals surface area contributed by atoms with Crippen LogP contribution in [0, 0.1) is 17.8 Å². The lowest BCUT2D eigenvalue weighted by molar-refractivity contribution is -0.147. The second-order valence-corrected chi connectivity index (χ2v) is 11.9. The Bertz CT molecular complexity index is 1120. The van der Waals surface area contributed by atoms with E-state index in [9.17, 15) is 14.7 Å². The summed E-state index contributed by atoms with van der Waals surface area (Å²) in [5, 5.41) is 11.1. The van der Waals surface area contributed by atoms with Crippen molar-refractivity contribution in [1.29, 1.82) is 0 Å². The van der Waals surface area contributed by atoms with E-state index in [1.165, 1.54) is 5.56 Å². The molecule has 0 spiro atoms. The van der Waals surface area contributed by atoms with Crippen LogP contribution in [-0.2, 0) is 38.5 Å². The smallest absolute Gasteiger partial charge is 0.482 e. The molecule has 4 rings (SSSR count). The number of unbranched alkanes of at least 4 members (excludes halogenated alkanes) is 2. The molecule has 0 aromatic heterocycles. The lowest BCUT2D eigenvalue weighted by Crippen LogP contribution is -2.29. The zero-order valence-electron chi connectivity index (χ0n) is 24.8. The monoisotopic (exact) mass is 566 g/mol. The summed E-state index contributed by atoms with van der Waals surface area (Å²) in [5.41, 5.74) is 3.29. The van der Waals surface area contributed by atoms with Gasteiger partial charge in [-0.15, -0.1) is 0 Å². The molecule has 2 aliphatic rings. The minimum Gasteiger partial charge on any atom is -0.482 e. The minimum absolute atomic E-state index is 0.138. The Morgan fingerprint density at radius 2 is 1.78 bits per heavy atom. The first-order valence-electron chi connectivity index (χ1n) is 15.3. The molecular formula is C34H46O7. The first-order valence-corrected chi connectivity index (χ1v) is 15.3. The molecule has 1 fully saturated rings. The summed E-state index contributed by atoms with van der Waals surface area (Å²) in [6, 6.07) is 15.6. The van der Waals surface area contributed by atoms with Gasteiger partial charge >= 0.3 is 12.1 Å². The highest BCUT2D eigenvalue weighted by Crippen LogP contribution is 2.48. The molecule has 0 aliphatic heterocycles. The van der Waals surface area contributed by atoms with Crippen molar-refractivity contribution in [3.8, 4) is 5.75 Å². The topological polar surface area (TPSA) is 91.3 Å². The van der Waals surface area contributed by atoms with E-state index in [-0.39, 0.29) is 37.4 Å². The van der Waals surface area contributed by atoms with Crippen LogP contribution in [0.5, 0.6) is 5.75 Å². The molecular weight excluding hydrogens is 520 g/mol. The van der Waals surface area contributed by atoms with Crippen molar-refractivity contribution in [3.05, 3.63) is 65.2 Å². The quantitative estimate of drug-likeness (QED) is 0.198. The largest absolute Gasteiger partial charge is 0.508 e. The number of hydrogen-bond donors (Lipinski definition) is 1. The maximum absolute atomic E-state index is 12.3. The van der Waals surface area contributed by atoms with E-state index in [4.69, 9.17) is 18.9 Å². The molecule has 2 aromatic rings. The van der Waals surface area contributed by atoms with Crippen LogP contribution in [0.2, 0.25) is 0 Å². The van der Waals surface area contributed by atoms with Gasteiger partial charge in [0, 0.05) is 0 Å². The fraction of sp³-hybridized carbons (Fsp3) is 0.588. The van der Waals surface area contributed by atoms with Crippen molar-refractivity contribution in [2.24, 2.45) is 17.8 Å². The van der Waals surface area contributed by atoms with Crippen molar-refractivity contribution in [3.63, 3.8) is 0 Å². The third-order valence-electron chi connectivity index (χ3n) is 8.48. The van der Waals surface area contributed by atoms with Gasteiger partial charge in [0.05, 0.1) is 12.2 Å². The Morgan fingerprint density at radius 3 is 2.54 bits per heavy atom. The summed E-state index contributed by atoms with van der Waals surface area (Å²) in [5.74, 6) is 1.20. The normalized spacial score (nSPS) is 22.0. The molecule has 0 saturated heterocycles. The molecule has 7 heteroatoms. The van der Waals surface area contributed by atoms with Crippen LogP contribution in [0.4, 0.5) is 4.79 Å². The Morgan fingerprint density at radius 1 is 0.976 bits per heavy atom. The number of esters is 1. The number of benzene rings is 2. The maximum Gasteiger partial charge on any atom is 0.508 e. The fourth-order valence-corrected chi connectivity index (χ4v) is 6.47. The Labute approximate surface area is 244 Å². The van der Waals surface area contributed by atoms with Gasteiger partial charge in [-0.2, -0.15) is 0 Å². The van der Waals surface area contributed by atoms with Gasteiger partial charge in [-0.1, -0.05) is 62.2 Å². The summed E-state index contributed by atoms with van der Waals surface area (Å²) in [4.78, 5) is 24.6. The highest BCUT2D eigenvalue weighted by Gasteiger charge is 2.45. The van der Waals surface area contributed by atoms with Gasteiger partial charge in [0.1, 0.15) is 18.5 Å². The lowest BCUT2D eigenvalue weighted by Gasteiger charge is -2.32. The number of fused-ring (bicyclic) bond motifs is 2. The van der Waals surface area contributed by atoms with Crippen molar-refractivity contribution in [2.75, 3.05) is 6.61 Å². The number of rotatable bonds is 14. The van der Waals surface area contributed by atoms with Gasteiger partial charge in [0.2, 0.25) is 0 Å². The third-order valence-corrected chi connectivity index (χ3v) is 8.48. The number of aliphatic hydroxyl groups excluding tert-OH is 1. The van der Waals surface area contributed by atoms with Crippen molar-refractivity contribution < 1.29 is 33.6 Å². The predicted octanol–water partition coefficient (Wildman–Crippen LogP) is 6.81. The fourth-order valence-electron chi connectivity index (χ4n) is 6.47. The van der Waals surface area contributed by atoms with Crippen LogP contribution < -0.4 is 4.74 Å². The molecule has 1 saturated carbocycles. The standard InChI is InChI=1S/C34H46O7/c1-4-5-7-14-27(41-34(37)40-23(2)3)16-17-28-29-18-25-13-10-15-32(30(25)19-26(29)20-31(28)35)38-22-33(36)39-21-24-11-8-6-9-12-24/h6,8-13,15,23,26-29,31,35H,4-5,7,14,16-22H2,1-3H3/t26-,27-,28+,29-,31+/m0/s1. The molecule has 0 unspecified atom stereocenters. The Kier molecular flexibility index (Phi) is 11.5. The summed E-state index contributed by atoms with van der Waals surface area (Å²) in [7, 11) is 0. The van der Waals surface area contributed by atoms with Gasteiger partial charge < -0.3 is 24.1 Å². The van der Waals surface area contributed by atoms with Crippen LogP contribution in [0.3, 0.4) is 0 Å². The zero-order valence-corrected chi connectivity index (χ0v) is 24.8. The lowest BCUT2D eigenvalue weighted by atomic mass is 9.73. The van der Waals surface area contributed by atoms with Gasteiger partial charge in [-0.3, -0.25) is 0 Å². The second-order valence-electron chi connectivity index (χ2n) is 11.9. The van der Waals surface area contributed by atoms with Crippen LogP contribution in [0.1, 0.15) is 82.4 Å². The third kappa shape index (κ3) is 8.96. The molecule has 1 N–H and O–H groups in total. The number of carbonyl (C=O) groups excluding carboxylic acids is 2. The Hall–Kier alpha value is -3.06. The van der Waals surface area contributed by atoms with Crippen molar-refractivity contribution in [2.45, 2.75) is 103 Å². The average molecular weight is 567 g/mol. The van der Waals surface area contributed by atoms with Crippen LogP contribution in [-0.4, -0.2) is 42.1 Å². The molecule has 224 valence electrons. The van der Waals surface area contributed by atoms with Gasteiger partial charge in [0.15, 0.2) is 6.61 Å². The highest BCUT2D eigenvalue weighted by molar-refractivity contribution is 5.71. The number of ether oxygens (including phenoxy) is 4. The summed E-state index contributed by atoms with van der Waals surface area (Å²) in [6.45, 7) is 5.88. The Balaban J connectivity index is 1.33. The first-order chi connectivity index (χ1) is 19.8. The molecule has 0 amide bonds. The summed E-state index contributed by atoms with van der Waals surface area (Å²) >= 11 is 0. The molecule has 0 radical (unpaired) electrons. The van der Waals surface area contributed by atoms with Gasteiger partial charge in [0.25, 0.3) is 0 Å². The van der Waals surface area contributed by atoms with E-state index in [1.807, 2.05) is 56.3 Å². The average Bonchev–Trinajstić information content (AvgIpc) is 3.26. The van der Waals surface area contributed by atoms with E-state index in [1.54, 1.807) is 0 Å². The van der Waals surface area contributed by atoms with Crippen molar-refractivity contribution in [1.82, 2.24) is 0 Å². The molecule has 2 aromatic carbocycles. The second kappa shape index (κ2) is 15.2. The van der Waals surface area contributed by atoms with E-state index in [0.29, 0.717) is 11.8 Å². The SMILES string of the molecule is CCCCC[C@@H](CC[C@@H]1[C@H]2Cc3cccc(OCC(=O)OCc4ccccc4)c3C[C@H]2C[C@H]1O)OC(=O)OC(C)C. The molecule has 2 aliphatic carbocycles. The van der Waals surface area contributed by atoms with E-state index in [0.717, 1.165) is 74.7 Å². The number of aliphatic hydroxyl groups is 1. The van der Waals surface area contributed by atoms with Crippen LogP contribution in [0.15, 0.2) is 48.5 Å². The van der Waals surface area contributed by atoms with Crippen LogP contribution in [0.25, 0.3) is 0 Å². The molecule has 5 atom stereocenters. The highest BCUT2D eigenvalue weighted by atomic mass is 16.7. The van der Waals surface area contributed by atoms with E-state index in [2.05, 4.69) is 13.0 Å².